The lowest BCUT2D eigenvalue weighted by molar-refractivity contribution is 0.0190. The maximum atomic E-state index is 10.0. The molecule has 1 unspecified atom stereocenters. The zero-order valence-corrected chi connectivity index (χ0v) is 13.1. The fraction of sp³-hybridized carbons (Fsp3) is 0.529. The molecule has 0 aliphatic heterocycles. The number of methoxy groups -OCH3 is 1. The minimum atomic E-state index is -0.560. The van der Waals surface area contributed by atoms with Crippen molar-refractivity contribution in [3.05, 3.63) is 29.8 Å². The Bertz CT molecular complexity index is 454. The van der Waals surface area contributed by atoms with Crippen molar-refractivity contribution in [3.8, 4) is 18.1 Å². The minimum Gasteiger partial charge on any atom is -0.496 e. The van der Waals surface area contributed by atoms with Crippen molar-refractivity contribution in [3.63, 3.8) is 0 Å². The van der Waals surface area contributed by atoms with E-state index in [9.17, 15) is 5.11 Å². The van der Waals surface area contributed by atoms with E-state index in [0.29, 0.717) is 19.1 Å². The molecule has 0 heterocycles. The van der Waals surface area contributed by atoms with E-state index >= 15 is 0 Å². The maximum absolute atomic E-state index is 10.0. The Morgan fingerprint density at radius 1 is 1.33 bits per heavy atom. The third-order valence-electron chi connectivity index (χ3n) is 3.24. The molecule has 1 aromatic rings. The molecule has 21 heavy (non-hydrogen) atoms. The van der Waals surface area contributed by atoms with Crippen molar-refractivity contribution in [2.75, 3.05) is 26.9 Å². The summed E-state index contributed by atoms with van der Waals surface area (Å²) in [5, 5.41) is 10.0. The van der Waals surface area contributed by atoms with Gasteiger partial charge in [-0.15, -0.1) is 6.42 Å². The van der Waals surface area contributed by atoms with Crippen molar-refractivity contribution in [2.24, 2.45) is 0 Å². The second-order valence-corrected chi connectivity index (χ2v) is 5.21. The molecule has 1 rings (SSSR count). The average Bonchev–Trinajstić information content (AvgIpc) is 2.47. The first-order valence-electron chi connectivity index (χ1n) is 7.13. The van der Waals surface area contributed by atoms with Gasteiger partial charge in [0.25, 0.3) is 0 Å². The normalized spacial score (nSPS) is 12.4. The number of para-hydroxylation sites is 1. The van der Waals surface area contributed by atoms with Gasteiger partial charge in [0.05, 0.1) is 19.8 Å². The smallest absolute Gasteiger partial charge is 0.123 e. The van der Waals surface area contributed by atoms with Crippen molar-refractivity contribution in [1.82, 2.24) is 4.90 Å². The predicted molar refractivity (Wildman–Crippen MR) is 84.2 cm³/mol. The Kier molecular flexibility index (Phi) is 7.84. The summed E-state index contributed by atoms with van der Waals surface area (Å²) >= 11 is 0. The lowest BCUT2D eigenvalue weighted by Gasteiger charge is -2.29. The lowest BCUT2D eigenvalue weighted by atomic mass is 10.1. The van der Waals surface area contributed by atoms with Crippen molar-refractivity contribution in [2.45, 2.75) is 32.5 Å². The molecular weight excluding hydrogens is 266 g/mol. The molecule has 1 N–H and O–H groups in total. The Morgan fingerprint density at radius 3 is 2.67 bits per heavy atom. The summed E-state index contributed by atoms with van der Waals surface area (Å²) < 4.78 is 10.6. The molecule has 4 heteroatoms. The first kappa shape index (κ1) is 17.5. The number of hydrogen-bond acceptors (Lipinski definition) is 4. The Balaban J connectivity index is 2.63. The molecule has 0 spiro atoms. The van der Waals surface area contributed by atoms with Crippen LogP contribution in [0.25, 0.3) is 0 Å². The fourth-order valence-electron chi connectivity index (χ4n) is 2.09. The molecule has 0 saturated heterocycles. The van der Waals surface area contributed by atoms with Gasteiger partial charge in [-0.3, -0.25) is 4.90 Å². The summed E-state index contributed by atoms with van der Waals surface area (Å²) in [4.78, 5) is 2.18. The van der Waals surface area contributed by atoms with Crippen LogP contribution in [0, 0.1) is 12.3 Å². The standard InChI is InChI=1S/C17H25NO3/c1-5-10-21-13-16(19)12-18(14(2)3)11-15-8-6-7-9-17(15)20-4/h1,6-9,14,16,19H,10-13H2,2-4H3. The van der Waals surface area contributed by atoms with Crippen molar-refractivity contribution in [1.29, 1.82) is 0 Å². The highest BCUT2D eigenvalue weighted by Gasteiger charge is 2.17. The fourth-order valence-corrected chi connectivity index (χ4v) is 2.09. The van der Waals surface area contributed by atoms with Gasteiger partial charge in [-0.25, -0.2) is 0 Å². The summed E-state index contributed by atoms with van der Waals surface area (Å²) in [5.41, 5.74) is 1.10. The van der Waals surface area contributed by atoms with E-state index < -0.39 is 6.10 Å². The van der Waals surface area contributed by atoms with Crippen LogP contribution in [-0.2, 0) is 11.3 Å². The second kappa shape index (κ2) is 9.41. The molecule has 0 amide bonds. The van der Waals surface area contributed by atoms with Crippen LogP contribution in [0.3, 0.4) is 0 Å². The highest BCUT2D eigenvalue weighted by atomic mass is 16.5. The van der Waals surface area contributed by atoms with E-state index in [1.807, 2.05) is 24.3 Å². The quantitative estimate of drug-likeness (QED) is 0.557. The van der Waals surface area contributed by atoms with Gasteiger partial charge in [-0.2, -0.15) is 0 Å². The molecule has 0 saturated carbocycles. The third kappa shape index (κ3) is 6.17. The van der Waals surface area contributed by atoms with Gasteiger partial charge in [0, 0.05) is 24.7 Å². The monoisotopic (exact) mass is 291 g/mol. The first-order valence-corrected chi connectivity index (χ1v) is 7.13. The van der Waals surface area contributed by atoms with Gasteiger partial charge >= 0.3 is 0 Å². The number of benzene rings is 1. The Labute approximate surface area is 127 Å². The summed E-state index contributed by atoms with van der Waals surface area (Å²) in [6.07, 6.45) is 4.56. The summed E-state index contributed by atoms with van der Waals surface area (Å²) in [5.74, 6) is 3.25. The number of ether oxygens (including phenoxy) is 2. The molecule has 0 aromatic heterocycles. The SMILES string of the molecule is C#CCOCC(O)CN(Cc1ccccc1OC)C(C)C. The summed E-state index contributed by atoms with van der Waals surface area (Å²) in [7, 11) is 1.67. The highest BCUT2D eigenvalue weighted by Crippen LogP contribution is 2.20. The number of hydrogen-bond donors (Lipinski definition) is 1. The van der Waals surface area contributed by atoms with Crippen molar-refractivity contribution < 1.29 is 14.6 Å². The zero-order chi connectivity index (χ0) is 15.7. The largest absolute Gasteiger partial charge is 0.496 e. The van der Waals surface area contributed by atoms with Gasteiger partial charge in [0.2, 0.25) is 0 Å². The molecule has 0 aliphatic carbocycles. The van der Waals surface area contributed by atoms with Crippen LogP contribution in [0.5, 0.6) is 5.75 Å². The first-order chi connectivity index (χ1) is 10.1. The van der Waals surface area contributed by atoms with E-state index in [1.54, 1.807) is 7.11 Å². The molecule has 1 aromatic carbocycles. The number of aliphatic hydroxyl groups excluding tert-OH is 1. The highest BCUT2D eigenvalue weighted by molar-refractivity contribution is 5.33. The average molecular weight is 291 g/mol. The van der Waals surface area contributed by atoms with Crippen LogP contribution in [0.15, 0.2) is 24.3 Å². The van der Waals surface area contributed by atoms with Crippen LogP contribution in [0.2, 0.25) is 0 Å². The van der Waals surface area contributed by atoms with Gasteiger partial charge in [-0.05, 0) is 19.9 Å². The molecule has 0 bridgehead atoms. The summed E-state index contributed by atoms with van der Waals surface area (Å²) in [6, 6.07) is 8.22. The number of nitrogens with zero attached hydrogens (tertiary/aromatic N) is 1. The van der Waals surface area contributed by atoms with E-state index in [2.05, 4.69) is 24.7 Å². The van der Waals surface area contributed by atoms with Crippen molar-refractivity contribution >= 4 is 0 Å². The van der Waals surface area contributed by atoms with E-state index in [0.717, 1.165) is 11.3 Å². The van der Waals surface area contributed by atoms with E-state index in [1.165, 1.54) is 0 Å². The zero-order valence-electron chi connectivity index (χ0n) is 13.1. The molecule has 0 radical (unpaired) electrons. The second-order valence-electron chi connectivity index (χ2n) is 5.21. The van der Waals surface area contributed by atoms with Gasteiger partial charge in [0.1, 0.15) is 12.4 Å². The van der Waals surface area contributed by atoms with Gasteiger partial charge in [-0.1, -0.05) is 24.1 Å². The number of rotatable bonds is 9. The summed E-state index contributed by atoms with van der Waals surface area (Å²) in [6.45, 7) is 5.92. The van der Waals surface area contributed by atoms with Crippen LogP contribution in [0.4, 0.5) is 0 Å². The molecule has 1 atom stereocenters. The van der Waals surface area contributed by atoms with Crippen LogP contribution >= 0.6 is 0 Å². The van der Waals surface area contributed by atoms with Crippen LogP contribution < -0.4 is 4.74 Å². The predicted octanol–water partition coefficient (Wildman–Crippen LogP) is 1.92. The third-order valence-corrected chi connectivity index (χ3v) is 3.24. The lowest BCUT2D eigenvalue weighted by Crippen LogP contribution is -2.39. The molecule has 4 nitrogen and oxygen atoms in total. The molecule has 0 aliphatic rings. The molecule has 0 fully saturated rings. The van der Waals surface area contributed by atoms with Gasteiger partial charge in [0.15, 0.2) is 0 Å². The van der Waals surface area contributed by atoms with E-state index in [4.69, 9.17) is 15.9 Å². The Hall–Kier alpha value is -1.54. The Morgan fingerprint density at radius 2 is 2.05 bits per heavy atom. The molecule has 116 valence electrons. The van der Waals surface area contributed by atoms with Crippen LogP contribution in [-0.4, -0.2) is 49.0 Å². The maximum Gasteiger partial charge on any atom is 0.123 e. The van der Waals surface area contributed by atoms with Crippen LogP contribution in [0.1, 0.15) is 19.4 Å². The van der Waals surface area contributed by atoms with E-state index in [-0.39, 0.29) is 13.2 Å². The minimum absolute atomic E-state index is 0.227. The number of aliphatic hydroxyl groups is 1. The van der Waals surface area contributed by atoms with Gasteiger partial charge < -0.3 is 14.6 Å². The topological polar surface area (TPSA) is 41.9 Å². The number of terminal acetylenes is 1. The molecular formula is C17H25NO3.